The van der Waals surface area contributed by atoms with Gasteiger partial charge in [0.2, 0.25) is 11.8 Å². The molecule has 2 saturated heterocycles. The summed E-state index contributed by atoms with van der Waals surface area (Å²) in [4.78, 5) is 50.4. The molecule has 0 aliphatic carbocycles. The topological polar surface area (TPSA) is 115 Å². The van der Waals surface area contributed by atoms with Gasteiger partial charge >= 0.3 is 11.9 Å². The summed E-state index contributed by atoms with van der Waals surface area (Å²) in [6.45, 7) is 4.25. The highest BCUT2D eigenvalue weighted by Gasteiger charge is 2.39. The van der Waals surface area contributed by atoms with Crippen molar-refractivity contribution in [2.24, 2.45) is 11.8 Å². The van der Waals surface area contributed by atoms with Gasteiger partial charge in [-0.15, -0.1) is 0 Å². The summed E-state index contributed by atoms with van der Waals surface area (Å²) in [6.07, 6.45) is 2.52. The van der Waals surface area contributed by atoms with Crippen LogP contribution in [0.15, 0.2) is 0 Å². The Morgan fingerprint density at radius 1 is 0.840 bits per heavy atom. The number of amides is 2. The number of carbonyl (C=O) groups excluding carboxylic acids is 2. The van der Waals surface area contributed by atoms with Crippen molar-refractivity contribution in [2.75, 3.05) is 13.1 Å². The normalized spacial score (nSPS) is 25.7. The fourth-order valence-corrected chi connectivity index (χ4v) is 3.87. The first-order valence-electron chi connectivity index (χ1n) is 8.80. The minimum Gasteiger partial charge on any atom is -0.480 e. The van der Waals surface area contributed by atoms with E-state index in [1.165, 1.54) is 9.80 Å². The van der Waals surface area contributed by atoms with Crippen LogP contribution >= 0.6 is 0 Å². The Bertz CT molecular complexity index is 515. The van der Waals surface area contributed by atoms with Gasteiger partial charge in [0.15, 0.2) is 0 Å². The van der Waals surface area contributed by atoms with Gasteiger partial charge in [-0.25, -0.2) is 9.59 Å². The van der Waals surface area contributed by atoms with Gasteiger partial charge in [-0.3, -0.25) is 9.59 Å². The number of rotatable bonds is 6. The third kappa shape index (κ3) is 4.11. The molecule has 8 heteroatoms. The summed E-state index contributed by atoms with van der Waals surface area (Å²) < 4.78 is 0. The lowest BCUT2D eigenvalue weighted by atomic mass is 9.94. The van der Waals surface area contributed by atoms with Crippen molar-refractivity contribution < 1.29 is 29.4 Å². The van der Waals surface area contributed by atoms with Gasteiger partial charge in [0, 0.05) is 24.9 Å². The van der Waals surface area contributed by atoms with Crippen LogP contribution in [0.25, 0.3) is 0 Å². The van der Waals surface area contributed by atoms with Crippen LogP contribution in [-0.2, 0) is 19.2 Å². The highest BCUT2D eigenvalue weighted by Crippen LogP contribution is 2.26. The van der Waals surface area contributed by atoms with Crippen LogP contribution in [0.3, 0.4) is 0 Å². The Kier molecular flexibility index (Phi) is 6.02. The largest absolute Gasteiger partial charge is 0.480 e. The first-order chi connectivity index (χ1) is 11.7. The van der Waals surface area contributed by atoms with E-state index in [-0.39, 0.29) is 18.2 Å². The maximum atomic E-state index is 12.6. The van der Waals surface area contributed by atoms with Crippen LogP contribution in [-0.4, -0.2) is 68.9 Å². The Morgan fingerprint density at radius 2 is 1.20 bits per heavy atom. The van der Waals surface area contributed by atoms with Crippen molar-refractivity contribution in [1.29, 1.82) is 0 Å². The van der Waals surface area contributed by atoms with Gasteiger partial charge < -0.3 is 20.0 Å². The van der Waals surface area contributed by atoms with Crippen LogP contribution in [0.2, 0.25) is 0 Å². The molecule has 2 aliphatic rings. The number of hydrogen-bond donors (Lipinski definition) is 2. The minimum atomic E-state index is -0.997. The Balaban J connectivity index is 1.96. The van der Waals surface area contributed by atoms with Crippen molar-refractivity contribution in [3.63, 3.8) is 0 Å². The SMILES string of the molecule is CC(CC(C)C(=O)N1CCC[C@@H]1C(=O)O)C(=O)N1CCC[C@@H]1C(=O)O. The number of carboxylic acid groups (broad SMARTS) is 2. The van der Waals surface area contributed by atoms with E-state index in [0.717, 1.165) is 0 Å². The average Bonchev–Trinajstić information content (AvgIpc) is 3.21. The molecule has 0 spiro atoms. The van der Waals surface area contributed by atoms with Crippen molar-refractivity contribution in [2.45, 2.75) is 58.0 Å². The van der Waals surface area contributed by atoms with Crippen LogP contribution in [0.4, 0.5) is 0 Å². The highest BCUT2D eigenvalue weighted by molar-refractivity contribution is 5.87. The van der Waals surface area contributed by atoms with E-state index in [0.29, 0.717) is 38.8 Å². The average molecular weight is 354 g/mol. The lowest BCUT2D eigenvalue weighted by molar-refractivity contribution is -0.151. The molecule has 2 N–H and O–H groups in total. The fraction of sp³-hybridized carbons (Fsp3) is 0.765. The third-order valence-corrected chi connectivity index (χ3v) is 5.19. The van der Waals surface area contributed by atoms with Crippen LogP contribution in [0.5, 0.6) is 0 Å². The van der Waals surface area contributed by atoms with Crippen molar-refractivity contribution >= 4 is 23.8 Å². The summed E-state index contributed by atoms with van der Waals surface area (Å²) >= 11 is 0. The van der Waals surface area contributed by atoms with Gasteiger partial charge in [0.05, 0.1) is 0 Å². The van der Waals surface area contributed by atoms with E-state index in [2.05, 4.69) is 0 Å². The summed E-state index contributed by atoms with van der Waals surface area (Å²) in [5, 5.41) is 18.4. The van der Waals surface area contributed by atoms with Gasteiger partial charge in [0.25, 0.3) is 0 Å². The number of nitrogens with zero attached hydrogens (tertiary/aromatic N) is 2. The number of likely N-dealkylation sites (tertiary alicyclic amines) is 2. The molecule has 0 bridgehead atoms. The highest BCUT2D eigenvalue weighted by atomic mass is 16.4. The molecule has 0 aromatic heterocycles. The summed E-state index contributed by atoms with van der Waals surface area (Å²) in [5.41, 5.74) is 0. The molecule has 8 nitrogen and oxygen atoms in total. The first kappa shape index (κ1) is 19.2. The van der Waals surface area contributed by atoms with Crippen LogP contribution in [0.1, 0.15) is 46.0 Å². The van der Waals surface area contributed by atoms with E-state index in [1.807, 2.05) is 0 Å². The molecule has 2 amide bonds. The fourth-order valence-electron chi connectivity index (χ4n) is 3.87. The number of aliphatic carboxylic acids is 2. The third-order valence-electron chi connectivity index (χ3n) is 5.19. The van der Waals surface area contributed by atoms with E-state index in [9.17, 15) is 29.4 Å². The maximum Gasteiger partial charge on any atom is 0.326 e. The van der Waals surface area contributed by atoms with Gasteiger partial charge in [0.1, 0.15) is 12.1 Å². The lowest BCUT2D eigenvalue weighted by Gasteiger charge is -2.28. The zero-order chi connectivity index (χ0) is 18.7. The summed E-state index contributed by atoms with van der Waals surface area (Å²) in [6, 6.07) is -1.56. The van der Waals surface area contributed by atoms with Crippen LogP contribution < -0.4 is 0 Å². The van der Waals surface area contributed by atoms with Gasteiger partial charge in [-0.1, -0.05) is 13.8 Å². The molecule has 0 aromatic rings. The van der Waals surface area contributed by atoms with E-state index < -0.39 is 35.9 Å². The molecule has 25 heavy (non-hydrogen) atoms. The molecule has 2 unspecified atom stereocenters. The van der Waals surface area contributed by atoms with E-state index in [1.54, 1.807) is 13.8 Å². The molecule has 2 heterocycles. The summed E-state index contributed by atoms with van der Waals surface area (Å²) in [5.74, 6) is -3.46. The summed E-state index contributed by atoms with van der Waals surface area (Å²) in [7, 11) is 0. The standard InChI is InChI=1S/C17H26N2O6/c1-10(14(20)18-7-3-5-12(18)16(22)23)9-11(2)15(21)19-8-4-6-13(19)17(24)25/h10-13H,3-9H2,1-2H3,(H,22,23)(H,24,25)/t10?,11?,12-,13-/m1/s1. The molecule has 0 radical (unpaired) electrons. The van der Waals surface area contributed by atoms with Gasteiger partial charge in [-0.05, 0) is 32.1 Å². The predicted molar refractivity (Wildman–Crippen MR) is 87.7 cm³/mol. The van der Waals surface area contributed by atoms with Crippen molar-refractivity contribution in [1.82, 2.24) is 9.80 Å². The minimum absolute atomic E-state index is 0.249. The second-order valence-corrected chi connectivity index (χ2v) is 7.09. The molecule has 2 fully saturated rings. The van der Waals surface area contributed by atoms with E-state index >= 15 is 0 Å². The molecular formula is C17H26N2O6. The predicted octanol–water partition coefficient (Wildman–Crippen LogP) is 0.800. The molecule has 2 rings (SSSR count). The molecule has 4 atom stereocenters. The number of hydrogen-bond acceptors (Lipinski definition) is 4. The molecular weight excluding hydrogens is 328 g/mol. The Labute approximate surface area is 146 Å². The number of carbonyl (C=O) groups is 4. The van der Waals surface area contributed by atoms with Crippen molar-refractivity contribution in [3.8, 4) is 0 Å². The molecule has 140 valence electrons. The van der Waals surface area contributed by atoms with Crippen LogP contribution in [0, 0.1) is 11.8 Å². The molecule has 0 aromatic carbocycles. The second-order valence-electron chi connectivity index (χ2n) is 7.09. The zero-order valence-corrected chi connectivity index (χ0v) is 14.7. The maximum absolute atomic E-state index is 12.6. The number of carboxylic acids is 2. The van der Waals surface area contributed by atoms with Gasteiger partial charge in [-0.2, -0.15) is 0 Å². The molecule has 2 aliphatic heterocycles. The van der Waals surface area contributed by atoms with E-state index in [4.69, 9.17) is 0 Å². The quantitative estimate of drug-likeness (QED) is 0.729. The van der Waals surface area contributed by atoms with Crippen molar-refractivity contribution in [3.05, 3.63) is 0 Å². The smallest absolute Gasteiger partial charge is 0.326 e. The zero-order valence-electron chi connectivity index (χ0n) is 14.7. The lowest BCUT2D eigenvalue weighted by Crippen LogP contribution is -2.45. The Morgan fingerprint density at radius 3 is 1.52 bits per heavy atom. The first-order valence-corrected chi connectivity index (χ1v) is 8.80. The monoisotopic (exact) mass is 354 g/mol. The molecule has 0 saturated carbocycles. The Hall–Kier alpha value is -2.12. The second kappa shape index (κ2) is 7.84.